The number of rotatable bonds is 4. The summed E-state index contributed by atoms with van der Waals surface area (Å²) >= 11 is 0. The van der Waals surface area contributed by atoms with Gasteiger partial charge in [0.1, 0.15) is 17.9 Å². The number of esters is 1. The normalized spacial score (nSPS) is 41.8. The summed E-state index contributed by atoms with van der Waals surface area (Å²) in [7, 11) is 1.57. The number of hydrogen-bond acceptors (Lipinski definition) is 10. The average Bonchev–Trinajstić information content (AvgIpc) is 3.12. The summed E-state index contributed by atoms with van der Waals surface area (Å²) in [6, 6.07) is -1.08. The van der Waals surface area contributed by atoms with E-state index in [0.717, 1.165) is 18.4 Å². The highest BCUT2D eigenvalue weighted by Crippen LogP contribution is 2.41. The number of allylic oxidation sites excluding steroid dienone is 3. The zero-order valence-electron chi connectivity index (χ0n) is 33.5. The molecule has 11 heteroatoms. The van der Waals surface area contributed by atoms with Crippen LogP contribution in [0.2, 0.25) is 0 Å². The molecule has 3 heterocycles. The van der Waals surface area contributed by atoms with Crippen LogP contribution in [0.15, 0.2) is 23.3 Å². The minimum absolute atomic E-state index is 0.0841. The second kappa shape index (κ2) is 18.5. The molecule has 1 aliphatic carbocycles. The summed E-state index contributed by atoms with van der Waals surface area (Å²) in [6.07, 6.45) is 7.55. The van der Waals surface area contributed by atoms with Crippen molar-refractivity contribution >= 4 is 23.4 Å². The summed E-state index contributed by atoms with van der Waals surface area (Å²) in [6.45, 7) is 13.6. The van der Waals surface area contributed by atoms with E-state index in [1.54, 1.807) is 21.0 Å². The zero-order chi connectivity index (χ0) is 39.2. The number of carbonyl (C=O) groups is 4. The minimum atomic E-state index is -2.30. The molecule has 3 fully saturated rings. The number of hydrogen-bond donors (Lipinski definition) is 3. The van der Waals surface area contributed by atoms with Crippen molar-refractivity contribution in [1.29, 1.82) is 0 Å². The van der Waals surface area contributed by atoms with Gasteiger partial charge in [-0.15, -0.1) is 0 Å². The highest BCUT2D eigenvalue weighted by Gasteiger charge is 2.53. The van der Waals surface area contributed by atoms with Gasteiger partial charge in [0, 0.05) is 37.8 Å². The van der Waals surface area contributed by atoms with Crippen molar-refractivity contribution in [2.75, 3.05) is 13.7 Å². The van der Waals surface area contributed by atoms with Crippen LogP contribution < -0.4 is 0 Å². The van der Waals surface area contributed by atoms with Crippen molar-refractivity contribution < 1.29 is 48.7 Å². The lowest BCUT2D eigenvalue weighted by Gasteiger charge is -2.42. The van der Waals surface area contributed by atoms with Crippen LogP contribution in [0.5, 0.6) is 0 Å². The molecule has 53 heavy (non-hydrogen) atoms. The van der Waals surface area contributed by atoms with Crippen LogP contribution in [-0.4, -0.2) is 99.7 Å². The molecule has 1 unspecified atom stereocenters. The lowest BCUT2D eigenvalue weighted by Crippen LogP contribution is -2.60. The Balaban J connectivity index is 1.73. The largest absolute Gasteiger partial charge is 0.456 e. The number of methoxy groups -OCH3 is 1. The Labute approximate surface area is 316 Å². The number of nitrogens with zero attached hydrogens (tertiary/aromatic N) is 1. The first kappa shape index (κ1) is 43.3. The maximum absolute atomic E-state index is 14.2. The van der Waals surface area contributed by atoms with Crippen molar-refractivity contribution in [2.24, 2.45) is 29.1 Å². The number of aliphatic hydroxyl groups is 3. The highest BCUT2D eigenvalue weighted by atomic mass is 16.6. The van der Waals surface area contributed by atoms with Crippen LogP contribution in [-0.2, 0) is 33.4 Å². The Hall–Kier alpha value is -2.44. The highest BCUT2D eigenvalue weighted by molar-refractivity contribution is 6.39. The van der Waals surface area contributed by atoms with E-state index in [9.17, 15) is 34.5 Å². The van der Waals surface area contributed by atoms with E-state index >= 15 is 0 Å². The van der Waals surface area contributed by atoms with E-state index in [1.165, 1.54) is 4.90 Å². The second-order valence-electron chi connectivity index (χ2n) is 17.2. The predicted molar refractivity (Wildman–Crippen MR) is 200 cm³/mol. The quantitative estimate of drug-likeness (QED) is 0.188. The van der Waals surface area contributed by atoms with E-state index in [4.69, 9.17) is 14.2 Å². The van der Waals surface area contributed by atoms with Gasteiger partial charge in [-0.1, -0.05) is 52.3 Å². The summed E-state index contributed by atoms with van der Waals surface area (Å²) in [5, 5.41) is 33.8. The van der Waals surface area contributed by atoms with Gasteiger partial charge >= 0.3 is 5.97 Å². The molecule has 12 atom stereocenters. The molecule has 0 aromatic carbocycles. The number of Topliss-reactive ketones (excluding diaryl/α,β-unsaturated/α-hetero) is 2. The van der Waals surface area contributed by atoms with Crippen LogP contribution >= 0.6 is 0 Å². The molecule has 0 aromatic heterocycles. The number of fused-ring (bicyclic) bond motifs is 3. The Morgan fingerprint density at radius 2 is 1.70 bits per heavy atom. The first-order valence-electron chi connectivity index (χ1n) is 20.2. The SMILES string of the molecule is CC[C@@H]1/C=C(\C)C[C@H](C)CC[C@H]2CC[C@@H](C)[C@@](O)(O2)C(=O)C(=O)N2CCCCC2C(=O)O[C@H](/C(C)=C/[C@@]2(C)CC[C@@H](O)[C@H](OC)C2)[C@H](C)[C@@H](O)CC1=O. The summed E-state index contributed by atoms with van der Waals surface area (Å²) in [5.41, 5.74) is 1.34. The van der Waals surface area contributed by atoms with Crippen LogP contribution in [0.1, 0.15) is 132 Å². The van der Waals surface area contributed by atoms with Crippen LogP contribution in [0.25, 0.3) is 0 Å². The monoisotopic (exact) mass is 745 g/mol. The van der Waals surface area contributed by atoms with Gasteiger partial charge in [0.2, 0.25) is 5.79 Å². The molecule has 0 radical (unpaired) electrons. The van der Waals surface area contributed by atoms with E-state index in [0.29, 0.717) is 63.4 Å². The van der Waals surface area contributed by atoms with Gasteiger partial charge in [-0.3, -0.25) is 14.4 Å². The number of carbonyl (C=O) groups excluding carboxylic acids is 4. The third kappa shape index (κ3) is 10.5. The summed E-state index contributed by atoms with van der Waals surface area (Å²) in [4.78, 5) is 57.1. The Morgan fingerprint density at radius 1 is 1.00 bits per heavy atom. The van der Waals surface area contributed by atoms with Gasteiger partial charge in [-0.25, -0.2) is 4.79 Å². The molecular formula is C42H67NO10. The molecule has 1 saturated carbocycles. The zero-order valence-corrected chi connectivity index (χ0v) is 33.5. The number of amides is 1. The standard InChI is InChI=1S/C42H67NO10/c1-9-30-21-26(3)20-25(2)13-15-31-16-14-28(5)42(50,53-31)38(47)39(48)43-19-11-10-12-32(43)40(49)52-37(29(6)34(45)22-35(30)46)27(4)23-41(7)18-17-33(44)36(24-41)51-8/h21,23,25,28-34,36-37,44-45,50H,9-20,22,24H2,1-8H3/b26-21+,27-23+/t25-,28-,29-,30-,31+,32?,33-,34+,36-,37-,41-,42-/m1/s1. The molecule has 1 amide bonds. The Morgan fingerprint density at radius 3 is 2.38 bits per heavy atom. The van der Waals surface area contributed by atoms with Crippen molar-refractivity contribution in [3.8, 4) is 0 Å². The molecule has 4 aliphatic rings. The van der Waals surface area contributed by atoms with Crippen molar-refractivity contribution in [3.63, 3.8) is 0 Å². The van der Waals surface area contributed by atoms with E-state index in [2.05, 4.69) is 13.8 Å². The number of cyclic esters (lactones) is 1. The molecule has 2 saturated heterocycles. The third-order valence-electron chi connectivity index (χ3n) is 12.7. The average molecular weight is 746 g/mol. The maximum atomic E-state index is 14.2. The Kier molecular flexibility index (Phi) is 15.1. The first-order chi connectivity index (χ1) is 24.9. The molecule has 11 nitrogen and oxygen atoms in total. The fourth-order valence-electron chi connectivity index (χ4n) is 9.14. The number of ether oxygens (including phenoxy) is 3. The van der Waals surface area contributed by atoms with E-state index in [1.807, 2.05) is 32.9 Å². The van der Waals surface area contributed by atoms with Crippen LogP contribution in [0.4, 0.5) is 0 Å². The lowest BCUT2D eigenvalue weighted by molar-refractivity contribution is -0.264. The van der Waals surface area contributed by atoms with E-state index in [-0.39, 0.29) is 43.1 Å². The molecule has 3 aliphatic heterocycles. The molecule has 300 valence electrons. The first-order valence-corrected chi connectivity index (χ1v) is 20.2. The molecule has 4 rings (SSSR count). The summed E-state index contributed by atoms with van der Waals surface area (Å²) < 4.78 is 18.0. The van der Waals surface area contributed by atoms with Gasteiger partial charge in [0.05, 0.1) is 24.4 Å². The van der Waals surface area contributed by atoms with Crippen LogP contribution in [0, 0.1) is 29.1 Å². The predicted octanol–water partition coefficient (Wildman–Crippen LogP) is 5.61. The molecule has 0 spiro atoms. The van der Waals surface area contributed by atoms with Crippen molar-refractivity contribution in [3.05, 3.63) is 23.3 Å². The van der Waals surface area contributed by atoms with Crippen molar-refractivity contribution in [2.45, 2.75) is 174 Å². The lowest BCUT2D eigenvalue weighted by atomic mass is 9.71. The smallest absolute Gasteiger partial charge is 0.329 e. The molecule has 2 bridgehead atoms. The maximum Gasteiger partial charge on any atom is 0.329 e. The van der Waals surface area contributed by atoms with Crippen LogP contribution in [0.3, 0.4) is 0 Å². The molecular weight excluding hydrogens is 678 g/mol. The van der Waals surface area contributed by atoms with Gasteiger partial charge < -0.3 is 34.4 Å². The fourth-order valence-corrected chi connectivity index (χ4v) is 9.14. The minimum Gasteiger partial charge on any atom is -0.456 e. The topological polar surface area (TPSA) is 160 Å². The number of aliphatic hydroxyl groups excluding tert-OH is 2. The summed E-state index contributed by atoms with van der Waals surface area (Å²) in [5.74, 6) is -6.57. The Bertz CT molecular complexity index is 1380. The van der Waals surface area contributed by atoms with E-state index < -0.39 is 71.2 Å². The van der Waals surface area contributed by atoms with Crippen molar-refractivity contribution in [1.82, 2.24) is 4.90 Å². The van der Waals surface area contributed by atoms with Gasteiger partial charge in [-0.05, 0) is 108 Å². The second-order valence-corrected chi connectivity index (χ2v) is 17.2. The third-order valence-corrected chi connectivity index (χ3v) is 12.7. The molecule has 3 N–H and O–H groups in total. The van der Waals surface area contributed by atoms with Gasteiger partial charge in [-0.2, -0.15) is 0 Å². The molecule has 0 aromatic rings. The number of piperidine rings is 1. The number of ketones is 2. The fraction of sp³-hybridized carbons (Fsp3) is 0.810. The van der Waals surface area contributed by atoms with Gasteiger partial charge in [0.15, 0.2) is 0 Å². The van der Waals surface area contributed by atoms with Gasteiger partial charge in [0.25, 0.3) is 11.7 Å².